The lowest BCUT2D eigenvalue weighted by atomic mass is 10.2. The van der Waals surface area contributed by atoms with Crippen LogP contribution in [0.15, 0.2) is 6.20 Å². The van der Waals surface area contributed by atoms with Crippen molar-refractivity contribution in [3.63, 3.8) is 0 Å². The first-order chi connectivity index (χ1) is 8.63. The predicted molar refractivity (Wildman–Crippen MR) is 72.2 cm³/mol. The van der Waals surface area contributed by atoms with Crippen molar-refractivity contribution >= 4 is 0 Å². The molecule has 1 N–H and O–H groups in total. The summed E-state index contributed by atoms with van der Waals surface area (Å²) >= 11 is 0. The molecule has 0 amide bonds. The topological polar surface area (TPSA) is 46.0 Å². The minimum Gasteiger partial charge on any atom is -0.309 e. The Kier molecular flexibility index (Phi) is 4.72. The average Bonchev–Trinajstić information content (AvgIpc) is 2.93. The van der Waals surface area contributed by atoms with Gasteiger partial charge in [0.15, 0.2) is 0 Å². The van der Waals surface area contributed by atoms with Gasteiger partial charge in [-0.15, -0.1) is 5.10 Å². The number of aromatic nitrogens is 3. The summed E-state index contributed by atoms with van der Waals surface area (Å²) in [6, 6.07) is 0.487. The molecule has 2 rings (SSSR count). The number of rotatable bonds is 6. The number of nitrogens with one attached hydrogen (secondary N) is 1. The number of hydrogen-bond donors (Lipinski definition) is 1. The van der Waals surface area contributed by atoms with E-state index in [0.29, 0.717) is 6.04 Å². The summed E-state index contributed by atoms with van der Waals surface area (Å²) in [5.41, 5.74) is 1.03. The normalized spacial score (nSPS) is 21.0. The van der Waals surface area contributed by atoms with E-state index in [1.165, 1.54) is 19.5 Å². The van der Waals surface area contributed by atoms with Crippen LogP contribution in [0.4, 0.5) is 0 Å². The van der Waals surface area contributed by atoms with Gasteiger partial charge < -0.3 is 10.2 Å². The van der Waals surface area contributed by atoms with Crippen LogP contribution in [0.2, 0.25) is 0 Å². The van der Waals surface area contributed by atoms with E-state index in [9.17, 15) is 0 Å². The van der Waals surface area contributed by atoms with E-state index in [1.54, 1.807) is 0 Å². The van der Waals surface area contributed by atoms with Crippen LogP contribution in [0.3, 0.4) is 0 Å². The lowest BCUT2D eigenvalue weighted by molar-refractivity contribution is 0.305. The first-order valence-corrected chi connectivity index (χ1v) is 6.98. The van der Waals surface area contributed by atoms with Gasteiger partial charge in [-0.25, -0.2) is 0 Å². The van der Waals surface area contributed by atoms with Gasteiger partial charge in [0.25, 0.3) is 0 Å². The van der Waals surface area contributed by atoms with E-state index in [1.807, 2.05) is 4.68 Å². The Morgan fingerprint density at radius 1 is 1.44 bits per heavy atom. The summed E-state index contributed by atoms with van der Waals surface area (Å²) in [5, 5.41) is 11.7. The van der Waals surface area contributed by atoms with Crippen molar-refractivity contribution in [2.45, 2.75) is 46.3 Å². The van der Waals surface area contributed by atoms with Crippen molar-refractivity contribution in [2.24, 2.45) is 5.92 Å². The molecule has 0 bridgehead atoms. The van der Waals surface area contributed by atoms with Crippen LogP contribution >= 0.6 is 0 Å². The molecule has 1 aliphatic rings. The van der Waals surface area contributed by atoms with Crippen LogP contribution in [0.1, 0.15) is 32.9 Å². The molecule has 1 aliphatic heterocycles. The minimum atomic E-state index is 0.487. The summed E-state index contributed by atoms with van der Waals surface area (Å²) in [7, 11) is 0. The standard InChI is InChI=1S/C13H25N5/c1-11(2)14-8-13-10-18(16-15-13)7-6-17-5-4-12(3)9-17/h10-12,14H,4-9H2,1-3H3. The molecule has 1 atom stereocenters. The van der Waals surface area contributed by atoms with Gasteiger partial charge in [0.2, 0.25) is 0 Å². The molecular formula is C13H25N5. The van der Waals surface area contributed by atoms with Crippen LogP contribution in [0.25, 0.3) is 0 Å². The Labute approximate surface area is 110 Å². The van der Waals surface area contributed by atoms with Crippen molar-refractivity contribution in [1.82, 2.24) is 25.2 Å². The molecule has 102 valence electrons. The molecule has 0 aliphatic carbocycles. The van der Waals surface area contributed by atoms with Gasteiger partial charge in [-0.05, 0) is 18.9 Å². The van der Waals surface area contributed by atoms with Crippen molar-refractivity contribution in [1.29, 1.82) is 0 Å². The first kappa shape index (κ1) is 13.5. The zero-order chi connectivity index (χ0) is 13.0. The van der Waals surface area contributed by atoms with Gasteiger partial charge in [-0.1, -0.05) is 26.0 Å². The predicted octanol–water partition coefficient (Wildman–Crippen LogP) is 1.12. The Morgan fingerprint density at radius 2 is 2.28 bits per heavy atom. The largest absolute Gasteiger partial charge is 0.309 e. The Morgan fingerprint density at radius 3 is 2.94 bits per heavy atom. The summed E-state index contributed by atoms with van der Waals surface area (Å²) < 4.78 is 1.96. The van der Waals surface area contributed by atoms with Gasteiger partial charge in [-0.2, -0.15) is 0 Å². The van der Waals surface area contributed by atoms with Crippen LogP contribution in [-0.2, 0) is 13.1 Å². The summed E-state index contributed by atoms with van der Waals surface area (Å²) in [5.74, 6) is 0.853. The zero-order valence-electron chi connectivity index (χ0n) is 11.8. The molecule has 1 aromatic rings. The van der Waals surface area contributed by atoms with Crippen LogP contribution < -0.4 is 5.32 Å². The maximum Gasteiger partial charge on any atom is 0.0964 e. The van der Waals surface area contributed by atoms with E-state index >= 15 is 0 Å². The van der Waals surface area contributed by atoms with E-state index in [2.05, 4.69) is 47.5 Å². The maximum atomic E-state index is 4.18. The van der Waals surface area contributed by atoms with Crippen molar-refractivity contribution in [3.8, 4) is 0 Å². The Bertz CT molecular complexity index is 360. The molecule has 18 heavy (non-hydrogen) atoms. The van der Waals surface area contributed by atoms with E-state index < -0.39 is 0 Å². The lowest BCUT2D eigenvalue weighted by Gasteiger charge is -2.14. The molecule has 1 aromatic heterocycles. The van der Waals surface area contributed by atoms with Crippen molar-refractivity contribution < 1.29 is 0 Å². The lowest BCUT2D eigenvalue weighted by Crippen LogP contribution is -2.25. The Balaban J connectivity index is 1.73. The summed E-state index contributed by atoms with van der Waals surface area (Å²) in [6.07, 6.45) is 3.38. The van der Waals surface area contributed by atoms with Crippen LogP contribution in [-0.4, -0.2) is 45.6 Å². The molecule has 1 fully saturated rings. The molecule has 0 spiro atoms. The third-order valence-corrected chi connectivity index (χ3v) is 3.43. The van der Waals surface area contributed by atoms with Crippen molar-refractivity contribution in [2.75, 3.05) is 19.6 Å². The van der Waals surface area contributed by atoms with Gasteiger partial charge in [-0.3, -0.25) is 4.68 Å². The number of likely N-dealkylation sites (tertiary alicyclic amines) is 1. The fraction of sp³-hybridized carbons (Fsp3) is 0.846. The van der Waals surface area contributed by atoms with Gasteiger partial charge >= 0.3 is 0 Å². The molecule has 1 unspecified atom stereocenters. The fourth-order valence-electron chi connectivity index (χ4n) is 2.31. The monoisotopic (exact) mass is 251 g/mol. The second-order valence-corrected chi connectivity index (χ2v) is 5.70. The highest BCUT2D eigenvalue weighted by Gasteiger charge is 2.17. The molecule has 5 heteroatoms. The SMILES string of the molecule is CC1CCN(CCn2cc(CNC(C)C)nn2)C1. The number of hydrogen-bond acceptors (Lipinski definition) is 4. The molecule has 1 saturated heterocycles. The molecule has 0 saturated carbocycles. The van der Waals surface area contributed by atoms with Crippen LogP contribution in [0.5, 0.6) is 0 Å². The highest BCUT2D eigenvalue weighted by Crippen LogP contribution is 2.14. The molecule has 0 aromatic carbocycles. The molecular weight excluding hydrogens is 226 g/mol. The van der Waals surface area contributed by atoms with Gasteiger partial charge in [0.05, 0.1) is 12.2 Å². The quantitative estimate of drug-likeness (QED) is 0.823. The van der Waals surface area contributed by atoms with Crippen molar-refractivity contribution in [3.05, 3.63) is 11.9 Å². The second kappa shape index (κ2) is 6.29. The summed E-state index contributed by atoms with van der Waals surface area (Å²) in [4.78, 5) is 2.51. The fourth-order valence-corrected chi connectivity index (χ4v) is 2.31. The average molecular weight is 251 g/mol. The van der Waals surface area contributed by atoms with Gasteiger partial charge in [0.1, 0.15) is 0 Å². The second-order valence-electron chi connectivity index (χ2n) is 5.70. The highest BCUT2D eigenvalue weighted by atomic mass is 15.4. The molecule has 5 nitrogen and oxygen atoms in total. The molecule has 0 radical (unpaired) electrons. The third-order valence-electron chi connectivity index (χ3n) is 3.43. The minimum absolute atomic E-state index is 0.487. The van der Waals surface area contributed by atoms with E-state index in [4.69, 9.17) is 0 Å². The molecule has 2 heterocycles. The summed E-state index contributed by atoms with van der Waals surface area (Å²) in [6.45, 7) is 11.9. The van der Waals surface area contributed by atoms with Gasteiger partial charge in [0, 0.05) is 31.9 Å². The van der Waals surface area contributed by atoms with E-state index in [-0.39, 0.29) is 0 Å². The smallest absolute Gasteiger partial charge is 0.0964 e. The van der Waals surface area contributed by atoms with Crippen LogP contribution in [0, 0.1) is 5.92 Å². The first-order valence-electron chi connectivity index (χ1n) is 6.98. The Hall–Kier alpha value is -0.940. The third kappa shape index (κ3) is 4.07. The van der Waals surface area contributed by atoms with E-state index in [0.717, 1.165) is 31.2 Å². The number of nitrogens with zero attached hydrogens (tertiary/aromatic N) is 4. The maximum absolute atomic E-state index is 4.18. The highest BCUT2D eigenvalue weighted by molar-refractivity contribution is 4.91. The zero-order valence-corrected chi connectivity index (χ0v) is 11.8.